The fourth-order valence-corrected chi connectivity index (χ4v) is 2.00. The highest BCUT2D eigenvalue weighted by Gasteiger charge is 2.22. The van der Waals surface area contributed by atoms with Gasteiger partial charge in [-0.3, -0.25) is 0 Å². The van der Waals surface area contributed by atoms with Crippen molar-refractivity contribution in [3.05, 3.63) is 28.8 Å². The Hall–Kier alpha value is -0.800. The summed E-state index contributed by atoms with van der Waals surface area (Å²) in [5.74, 6) is 0.581. The van der Waals surface area contributed by atoms with Crippen molar-refractivity contribution in [2.75, 3.05) is 11.9 Å². The second kappa shape index (κ2) is 5.89. The maximum Gasteiger partial charge on any atom is 0.107 e. The van der Waals surface area contributed by atoms with E-state index in [1.54, 1.807) is 6.07 Å². The number of hydrogen-bond donors (Lipinski definition) is 2. The van der Waals surface area contributed by atoms with Crippen molar-refractivity contribution in [1.82, 2.24) is 0 Å². The SMILES string of the molecule is CC(C)C(C)(C)CNc1cccc(Cl)c1C(N)=S. The third-order valence-electron chi connectivity index (χ3n) is 3.56. The zero-order valence-electron chi connectivity index (χ0n) is 11.4. The number of benzene rings is 1. The van der Waals surface area contributed by atoms with Crippen LogP contribution < -0.4 is 11.1 Å². The minimum absolute atomic E-state index is 0.190. The van der Waals surface area contributed by atoms with Crippen LogP contribution in [0.4, 0.5) is 5.69 Å². The van der Waals surface area contributed by atoms with Crippen molar-refractivity contribution in [1.29, 1.82) is 0 Å². The predicted molar refractivity (Wildman–Crippen MR) is 84.4 cm³/mol. The van der Waals surface area contributed by atoms with E-state index in [2.05, 4.69) is 33.0 Å². The fourth-order valence-electron chi connectivity index (χ4n) is 1.45. The molecule has 1 rings (SSSR count). The molecule has 0 amide bonds. The van der Waals surface area contributed by atoms with Crippen LogP contribution in [0.3, 0.4) is 0 Å². The number of nitrogens with two attached hydrogens (primary N) is 1. The normalized spacial score (nSPS) is 11.7. The van der Waals surface area contributed by atoms with E-state index in [9.17, 15) is 0 Å². The van der Waals surface area contributed by atoms with E-state index in [0.29, 0.717) is 15.9 Å². The van der Waals surface area contributed by atoms with Gasteiger partial charge in [-0.1, -0.05) is 57.6 Å². The van der Waals surface area contributed by atoms with Crippen molar-refractivity contribution in [3.63, 3.8) is 0 Å². The van der Waals surface area contributed by atoms with Gasteiger partial charge in [0.15, 0.2) is 0 Å². The van der Waals surface area contributed by atoms with Crippen molar-refractivity contribution < 1.29 is 0 Å². The first-order chi connectivity index (χ1) is 8.25. The van der Waals surface area contributed by atoms with Gasteiger partial charge in [0.05, 0.1) is 10.6 Å². The van der Waals surface area contributed by atoms with E-state index in [1.165, 1.54) is 0 Å². The first kappa shape index (κ1) is 15.3. The number of hydrogen-bond acceptors (Lipinski definition) is 2. The summed E-state index contributed by atoms with van der Waals surface area (Å²) in [6.07, 6.45) is 0. The van der Waals surface area contributed by atoms with Crippen LogP contribution in [0, 0.1) is 11.3 Å². The molecule has 100 valence electrons. The molecule has 1 aromatic carbocycles. The Morgan fingerprint density at radius 2 is 2.06 bits per heavy atom. The van der Waals surface area contributed by atoms with Gasteiger partial charge in [-0.05, 0) is 23.5 Å². The van der Waals surface area contributed by atoms with Gasteiger partial charge in [0.1, 0.15) is 4.99 Å². The average molecular weight is 285 g/mol. The molecule has 0 spiro atoms. The minimum Gasteiger partial charge on any atom is -0.389 e. The summed E-state index contributed by atoms with van der Waals surface area (Å²) in [7, 11) is 0. The van der Waals surface area contributed by atoms with Crippen LogP contribution in [0.25, 0.3) is 0 Å². The smallest absolute Gasteiger partial charge is 0.107 e. The van der Waals surface area contributed by atoms with Gasteiger partial charge in [-0.2, -0.15) is 0 Å². The third-order valence-corrected chi connectivity index (χ3v) is 4.08. The highest BCUT2D eigenvalue weighted by Crippen LogP contribution is 2.29. The maximum atomic E-state index is 6.13. The third kappa shape index (κ3) is 3.59. The number of halogens is 1. The van der Waals surface area contributed by atoms with Crippen molar-refractivity contribution in [3.8, 4) is 0 Å². The topological polar surface area (TPSA) is 38.0 Å². The van der Waals surface area contributed by atoms with Gasteiger partial charge in [0.2, 0.25) is 0 Å². The first-order valence-corrected chi connectivity index (χ1v) is 6.86. The van der Waals surface area contributed by atoms with Crippen LogP contribution in [-0.4, -0.2) is 11.5 Å². The molecule has 0 aliphatic carbocycles. The number of anilines is 1. The Morgan fingerprint density at radius 1 is 1.44 bits per heavy atom. The summed E-state index contributed by atoms with van der Waals surface area (Å²) in [6.45, 7) is 9.74. The average Bonchev–Trinajstić information content (AvgIpc) is 2.25. The molecule has 0 fully saturated rings. The van der Waals surface area contributed by atoms with Crippen molar-refractivity contribution in [2.24, 2.45) is 17.1 Å². The Kier molecular flexibility index (Phi) is 5.00. The second-order valence-electron chi connectivity index (χ2n) is 5.52. The molecule has 0 aliphatic heterocycles. The molecule has 1 aromatic rings. The van der Waals surface area contributed by atoms with Gasteiger partial charge in [-0.15, -0.1) is 0 Å². The summed E-state index contributed by atoms with van der Waals surface area (Å²) >= 11 is 11.2. The van der Waals surface area contributed by atoms with E-state index in [0.717, 1.165) is 17.8 Å². The second-order valence-corrected chi connectivity index (χ2v) is 6.37. The van der Waals surface area contributed by atoms with E-state index in [1.807, 2.05) is 12.1 Å². The molecular formula is C14H21ClN2S. The van der Waals surface area contributed by atoms with Gasteiger partial charge in [0, 0.05) is 12.2 Å². The summed E-state index contributed by atoms with van der Waals surface area (Å²) in [6, 6.07) is 5.65. The van der Waals surface area contributed by atoms with Gasteiger partial charge < -0.3 is 11.1 Å². The molecule has 0 saturated carbocycles. The van der Waals surface area contributed by atoms with Crippen LogP contribution in [-0.2, 0) is 0 Å². The van der Waals surface area contributed by atoms with Crippen molar-refractivity contribution >= 4 is 34.5 Å². The highest BCUT2D eigenvalue weighted by atomic mass is 35.5. The predicted octanol–water partition coefficient (Wildman–Crippen LogP) is 4.07. The fraction of sp³-hybridized carbons (Fsp3) is 0.500. The summed E-state index contributed by atoms with van der Waals surface area (Å²) < 4.78 is 0. The van der Waals surface area contributed by atoms with Crippen LogP contribution >= 0.6 is 23.8 Å². The highest BCUT2D eigenvalue weighted by molar-refractivity contribution is 7.80. The largest absolute Gasteiger partial charge is 0.389 e. The zero-order chi connectivity index (χ0) is 13.9. The molecule has 0 unspecified atom stereocenters. The molecule has 18 heavy (non-hydrogen) atoms. The van der Waals surface area contributed by atoms with Crippen LogP contribution in [0.15, 0.2) is 18.2 Å². The lowest BCUT2D eigenvalue weighted by molar-refractivity contribution is 0.269. The number of rotatable bonds is 5. The van der Waals surface area contributed by atoms with E-state index in [-0.39, 0.29) is 5.41 Å². The Balaban J connectivity index is 2.92. The van der Waals surface area contributed by atoms with E-state index in [4.69, 9.17) is 29.6 Å². The number of thiocarbonyl (C=S) groups is 1. The molecule has 0 bridgehead atoms. The van der Waals surface area contributed by atoms with E-state index >= 15 is 0 Å². The molecule has 0 atom stereocenters. The molecule has 4 heteroatoms. The Labute approximate surface area is 120 Å². The molecular weight excluding hydrogens is 264 g/mol. The van der Waals surface area contributed by atoms with Crippen LogP contribution in [0.5, 0.6) is 0 Å². The maximum absolute atomic E-state index is 6.13. The monoisotopic (exact) mass is 284 g/mol. The molecule has 0 aromatic heterocycles. The minimum atomic E-state index is 0.190. The van der Waals surface area contributed by atoms with Crippen LogP contribution in [0.2, 0.25) is 5.02 Å². The molecule has 2 nitrogen and oxygen atoms in total. The molecule has 0 saturated heterocycles. The van der Waals surface area contributed by atoms with E-state index < -0.39 is 0 Å². The first-order valence-electron chi connectivity index (χ1n) is 6.08. The lowest BCUT2D eigenvalue weighted by atomic mass is 9.81. The standard InChI is InChI=1S/C14H21ClN2S/c1-9(2)14(3,4)8-17-11-7-5-6-10(15)12(11)13(16)18/h5-7,9,17H,8H2,1-4H3,(H2,16,18). The summed E-state index contributed by atoms with van der Waals surface area (Å²) in [5.41, 5.74) is 7.55. The van der Waals surface area contributed by atoms with Crippen LogP contribution in [0.1, 0.15) is 33.3 Å². The van der Waals surface area contributed by atoms with Crippen molar-refractivity contribution in [2.45, 2.75) is 27.7 Å². The zero-order valence-corrected chi connectivity index (χ0v) is 13.0. The van der Waals surface area contributed by atoms with Gasteiger partial charge >= 0.3 is 0 Å². The summed E-state index contributed by atoms with van der Waals surface area (Å²) in [5, 5.41) is 4.00. The lowest BCUT2D eigenvalue weighted by Crippen LogP contribution is -2.29. The lowest BCUT2D eigenvalue weighted by Gasteiger charge is -2.30. The molecule has 0 heterocycles. The van der Waals surface area contributed by atoms with Gasteiger partial charge in [0.25, 0.3) is 0 Å². The Bertz CT molecular complexity index is 441. The molecule has 0 radical (unpaired) electrons. The summed E-state index contributed by atoms with van der Waals surface area (Å²) in [4.78, 5) is 0.324. The molecule has 3 N–H and O–H groups in total. The quantitative estimate of drug-likeness (QED) is 0.801. The number of nitrogens with one attached hydrogen (secondary N) is 1. The molecule has 0 aliphatic rings. The van der Waals surface area contributed by atoms with Gasteiger partial charge in [-0.25, -0.2) is 0 Å². The Morgan fingerprint density at radius 3 is 2.56 bits per heavy atom.